The summed E-state index contributed by atoms with van der Waals surface area (Å²) in [4.78, 5) is 16.8. The molecule has 1 aromatic carbocycles. The summed E-state index contributed by atoms with van der Waals surface area (Å²) in [5, 5.41) is 2.34. The van der Waals surface area contributed by atoms with E-state index >= 15 is 0 Å². The number of amides is 1. The van der Waals surface area contributed by atoms with E-state index in [1.54, 1.807) is 0 Å². The van der Waals surface area contributed by atoms with Crippen LogP contribution in [0.5, 0.6) is 5.75 Å². The zero-order valence-corrected chi connectivity index (χ0v) is 18.1. The lowest BCUT2D eigenvalue weighted by Gasteiger charge is -2.27. The molecule has 32 heavy (non-hydrogen) atoms. The first-order valence-corrected chi connectivity index (χ1v) is 11.3. The van der Waals surface area contributed by atoms with E-state index in [9.17, 15) is 26.6 Å². The lowest BCUT2D eigenvalue weighted by Crippen LogP contribution is -2.43. The minimum Gasteiger partial charge on any atom is -0.496 e. The molecule has 2 N–H and O–H groups in total. The molecule has 12 heteroatoms. The van der Waals surface area contributed by atoms with Crippen LogP contribution in [0, 0.1) is 10.6 Å². The molecule has 1 aliphatic rings. The van der Waals surface area contributed by atoms with Gasteiger partial charge in [0.25, 0.3) is 5.91 Å². The molecule has 3 rings (SSSR count). The van der Waals surface area contributed by atoms with Crippen molar-refractivity contribution in [2.24, 2.45) is 0 Å². The van der Waals surface area contributed by atoms with Gasteiger partial charge in [-0.3, -0.25) is 4.79 Å². The molecule has 174 valence electrons. The van der Waals surface area contributed by atoms with Crippen LogP contribution in [0.1, 0.15) is 24.8 Å². The van der Waals surface area contributed by atoms with Crippen molar-refractivity contribution in [3.63, 3.8) is 0 Å². The number of ether oxygens (including phenoxy) is 2. The Labute approximate surface area is 182 Å². The van der Waals surface area contributed by atoms with Gasteiger partial charge in [-0.25, -0.2) is 18.4 Å². The molecule has 1 saturated heterocycles. The maximum atomic E-state index is 13.7. The fraction of sp³-hybridized carbons (Fsp3) is 0.400. The van der Waals surface area contributed by atoms with Crippen LogP contribution in [0.25, 0.3) is 0 Å². The van der Waals surface area contributed by atoms with Crippen LogP contribution in [0.2, 0.25) is 0 Å². The van der Waals surface area contributed by atoms with Gasteiger partial charge in [-0.05, 0) is 31.5 Å². The van der Waals surface area contributed by atoms with Crippen LogP contribution in [0.4, 0.5) is 23.2 Å². The van der Waals surface area contributed by atoms with E-state index in [1.807, 2.05) is 0 Å². The summed E-state index contributed by atoms with van der Waals surface area (Å²) in [5.74, 6) is -2.63. The van der Waals surface area contributed by atoms with Crippen molar-refractivity contribution in [3.05, 3.63) is 47.9 Å². The van der Waals surface area contributed by atoms with E-state index in [2.05, 4.69) is 10.3 Å². The Kier molecular flexibility index (Phi) is 6.22. The Morgan fingerprint density at radius 1 is 1.34 bits per heavy atom. The number of nitrogens with zero attached hydrogens (tertiary/aromatic N) is 1. The topological polar surface area (TPSA) is 101 Å². The number of hydrogen-bond donors (Lipinski definition) is 2. The lowest BCUT2D eigenvalue weighted by molar-refractivity contribution is -0.261. The van der Waals surface area contributed by atoms with Crippen LogP contribution in [0.3, 0.4) is 0 Å². The molecule has 0 spiro atoms. The summed E-state index contributed by atoms with van der Waals surface area (Å²) in [5.41, 5.74) is -2.34. The first kappa shape index (κ1) is 23.9. The third kappa shape index (κ3) is 4.70. The molecule has 0 saturated carbocycles. The maximum Gasteiger partial charge on any atom is 0.417 e. The Morgan fingerprint density at radius 2 is 2.03 bits per heavy atom. The molecule has 0 aliphatic carbocycles. The summed E-state index contributed by atoms with van der Waals surface area (Å²) >= 11 is 0. The Balaban J connectivity index is 1.99. The molecule has 1 amide bonds. The predicted octanol–water partition coefficient (Wildman–Crippen LogP) is 4.10. The first-order chi connectivity index (χ1) is 14.7. The average molecular weight is 475 g/mol. The maximum absolute atomic E-state index is 13.7. The molecule has 0 bridgehead atoms. The number of rotatable bonds is 5. The molecule has 0 unspecified atom stereocenters. The third-order valence-electron chi connectivity index (χ3n) is 5.22. The average Bonchev–Trinajstić information content (AvgIpc) is 3.06. The van der Waals surface area contributed by atoms with Gasteiger partial charge in [0.05, 0.1) is 16.8 Å². The molecule has 1 fully saturated rings. The number of halogens is 4. The minimum atomic E-state index is -4.77. The van der Waals surface area contributed by atoms with Crippen molar-refractivity contribution in [3.8, 4) is 5.75 Å². The molecule has 4 atom stereocenters. The lowest BCUT2D eigenvalue weighted by atomic mass is 9.86. The van der Waals surface area contributed by atoms with E-state index in [4.69, 9.17) is 14.3 Å². The number of benzene rings is 1. The second-order valence-corrected chi connectivity index (χ2v) is 9.79. The summed E-state index contributed by atoms with van der Waals surface area (Å²) in [6, 6.07) is 5.91. The number of carbonyl (C=O) groups is 1. The van der Waals surface area contributed by atoms with Crippen molar-refractivity contribution in [1.29, 1.82) is 4.78 Å². The van der Waals surface area contributed by atoms with E-state index in [0.29, 0.717) is 0 Å². The minimum absolute atomic E-state index is 0.00560. The summed E-state index contributed by atoms with van der Waals surface area (Å²) in [6.07, 6.45) is -4.57. The van der Waals surface area contributed by atoms with Crippen molar-refractivity contribution in [2.75, 3.05) is 18.7 Å². The van der Waals surface area contributed by atoms with Gasteiger partial charge in [0, 0.05) is 35.7 Å². The number of methoxy groups -OCH3 is 1. The second kappa shape index (κ2) is 8.32. The number of carbonyl (C=O) groups excluding carboxylic acids is 1. The quantitative estimate of drug-likeness (QED) is 0.635. The van der Waals surface area contributed by atoms with Crippen molar-refractivity contribution in [2.45, 2.75) is 42.2 Å². The Morgan fingerprint density at radius 3 is 2.62 bits per heavy atom. The van der Waals surface area contributed by atoms with E-state index in [-0.39, 0.29) is 22.0 Å². The number of anilines is 1. The van der Waals surface area contributed by atoms with Crippen molar-refractivity contribution >= 4 is 21.3 Å². The van der Waals surface area contributed by atoms with Gasteiger partial charge in [0.1, 0.15) is 22.7 Å². The van der Waals surface area contributed by atoms with Crippen LogP contribution in [-0.2, 0) is 19.3 Å². The predicted molar refractivity (Wildman–Crippen MR) is 108 cm³/mol. The van der Waals surface area contributed by atoms with Crippen molar-refractivity contribution < 1.29 is 36.0 Å². The molecule has 2 aromatic rings. The van der Waals surface area contributed by atoms with Crippen LogP contribution >= 0.6 is 0 Å². The number of alkyl halides is 3. The first-order valence-electron chi connectivity index (χ1n) is 9.34. The third-order valence-corrected chi connectivity index (χ3v) is 6.24. The smallest absolute Gasteiger partial charge is 0.417 e. The second-order valence-electron chi connectivity index (χ2n) is 7.68. The van der Waals surface area contributed by atoms with E-state index < -0.39 is 51.7 Å². The number of hydrogen-bond acceptors (Lipinski definition) is 6. The van der Waals surface area contributed by atoms with E-state index in [0.717, 1.165) is 25.3 Å². The Hall–Kier alpha value is -2.73. The van der Waals surface area contributed by atoms with Crippen LogP contribution in [-0.4, -0.2) is 46.3 Å². The van der Waals surface area contributed by atoms with Gasteiger partial charge >= 0.3 is 6.18 Å². The van der Waals surface area contributed by atoms with Gasteiger partial charge in [-0.15, -0.1) is 0 Å². The molecular weight excluding hydrogens is 454 g/mol. The normalized spacial score (nSPS) is 25.2. The Bertz CT molecular complexity index is 1140. The zero-order chi connectivity index (χ0) is 23.9. The highest BCUT2D eigenvalue weighted by molar-refractivity contribution is 7.91. The highest BCUT2D eigenvalue weighted by Gasteiger charge is 2.61. The molecule has 7 nitrogen and oxygen atoms in total. The molecule has 2 heterocycles. The number of pyridine rings is 1. The van der Waals surface area contributed by atoms with Gasteiger partial charge in [0.2, 0.25) is 0 Å². The summed E-state index contributed by atoms with van der Waals surface area (Å²) < 4.78 is 84.7. The monoisotopic (exact) mass is 475 g/mol. The summed E-state index contributed by atoms with van der Waals surface area (Å²) in [7, 11) is -1.94. The molecule has 1 aliphatic heterocycles. The highest BCUT2D eigenvalue weighted by Crippen LogP contribution is 2.51. The molecule has 0 radical (unpaired) electrons. The number of aromatic nitrogens is 1. The summed E-state index contributed by atoms with van der Waals surface area (Å²) in [6.45, 7) is 0.847. The molecule has 1 aromatic heterocycles. The zero-order valence-electron chi connectivity index (χ0n) is 17.3. The molecular formula is C20H21F4N3O4S. The van der Waals surface area contributed by atoms with E-state index in [1.165, 1.54) is 31.5 Å². The SMILES string of the molecule is COc1cc(F)ccc1[C@@H]1C[C@](C)(C(F)(F)F)O[C@H]1C(=O)Nc1ccnc([S@](C)(=N)=O)c1. The fourth-order valence-corrected chi connectivity index (χ4v) is 4.15. The largest absolute Gasteiger partial charge is 0.496 e. The van der Waals surface area contributed by atoms with Gasteiger partial charge < -0.3 is 14.8 Å². The standard InChI is InChI=1S/C20H21F4N3O4S/c1-19(20(22,23)24)10-14(13-5-4-11(21)8-15(13)30-2)17(31-19)18(28)27-12-6-7-26-16(9-12)32(3,25)29/h4-9,14,17,25H,10H2,1-3H3,(H,26,27,28)/t14-,17+,19+,32+/m0/s1. The van der Waals surface area contributed by atoms with Crippen LogP contribution < -0.4 is 10.1 Å². The fourth-order valence-electron chi connectivity index (χ4n) is 3.53. The number of nitrogens with one attached hydrogen (secondary N) is 2. The van der Waals surface area contributed by atoms with Crippen molar-refractivity contribution in [1.82, 2.24) is 4.98 Å². The van der Waals surface area contributed by atoms with Gasteiger partial charge in [-0.2, -0.15) is 13.2 Å². The van der Waals surface area contributed by atoms with Gasteiger partial charge in [-0.1, -0.05) is 6.07 Å². The van der Waals surface area contributed by atoms with Crippen LogP contribution in [0.15, 0.2) is 41.6 Å². The van der Waals surface area contributed by atoms with Gasteiger partial charge in [0.15, 0.2) is 5.60 Å². The highest BCUT2D eigenvalue weighted by atomic mass is 32.2.